The van der Waals surface area contributed by atoms with Gasteiger partial charge in [0.1, 0.15) is 11.3 Å². The molecule has 2 aromatic rings. The SMILES string of the molecule is O=C1N=C2c3c(sc4c3CCCC4)N=CN2C1N=Nc1ccc(Cl)cc1. The maximum atomic E-state index is 12.5. The summed E-state index contributed by atoms with van der Waals surface area (Å²) in [5.74, 6) is 0.354. The van der Waals surface area contributed by atoms with E-state index in [-0.39, 0.29) is 5.91 Å². The monoisotopic (exact) mass is 383 g/mol. The van der Waals surface area contributed by atoms with Gasteiger partial charge >= 0.3 is 0 Å². The fraction of sp³-hybridized carbons (Fsp3) is 0.278. The van der Waals surface area contributed by atoms with E-state index in [1.165, 1.54) is 23.3 Å². The van der Waals surface area contributed by atoms with E-state index in [4.69, 9.17) is 11.6 Å². The van der Waals surface area contributed by atoms with Gasteiger partial charge in [-0.1, -0.05) is 11.6 Å². The lowest BCUT2D eigenvalue weighted by atomic mass is 9.94. The molecule has 8 heteroatoms. The smallest absolute Gasteiger partial charge is 0.283 e. The number of nitrogens with zero attached hydrogens (tertiary/aromatic N) is 5. The van der Waals surface area contributed by atoms with E-state index >= 15 is 0 Å². The Bertz CT molecular complexity index is 992. The normalized spacial score (nSPS) is 21.0. The zero-order valence-corrected chi connectivity index (χ0v) is 15.3. The van der Waals surface area contributed by atoms with Crippen molar-refractivity contribution < 1.29 is 4.79 Å². The van der Waals surface area contributed by atoms with Crippen LogP contribution in [0.1, 0.15) is 28.8 Å². The minimum absolute atomic E-state index is 0.312. The number of fused-ring (bicyclic) bond motifs is 5. The second-order valence-electron chi connectivity index (χ2n) is 6.38. The van der Waals surface area contributed by atoms with Crippen LogP contribution in [0.15, 0.2) is 44.5 Å². The van der Waals surface area contributed by atoms with Crippen LogP contribution in [0, 0.1) is 0 Å². The summed E-state index contributed by atoms with van der Waals surface area (Å²) in [5, 5.41) is 9.97. The van der Waals surface area contributed by atoms with Gasteiger partial charge in [0.05, 0.1) is 11.3 Å². The molecule has 2 aliphatic heterocycles. The van der Waals surface area contributed by atoms with Crippen LogP contribution < -0.4 is 0 Å². The third-order valence-corrected chi connectivity index (χ3v) is 6.18. The van der Waals surface area contributed by atoms with Crippen LogP contribution in [0.25, 0.3) is 0 Å². The van der Waals surface area contributed by atoms with Gasteiger partial charge < -0.3 is 0 Å². The molecule has 3 heterocycles. The first-order chi connectivity index (χ1) is 12.7. The van der Waals surface area contributed by atoms with Crippen molar-refractivity contribution in [1.82, 2.24) is 4.90 Å². The van der Waals surface area contributed by atoms with Gasteiger partial charge in [-0.15, -0.1) is 11.3 Å². The van der Waals surface area contributed by atoms with Crippen molar-refractivity contribution in [2.45, 2.75) is 31.8 Å². The molecule has 1 atom stereocenters. The van der Waals surface area contributed by atoms with Crippen LogP contribution in [0.4, 0.5) is 10.7 Å². The Balaban J connectivity index is 1.48. The highest BCUT2D eigenvalue weighted by molar-refractivity contribution is 7.16. The summed E-state index contributed by atoms with van der Waals surface area (Å²) in [4.78, 5) is 24.4. The third-order valence-electron chi connectivity index (χ3n) is 4.73. The summed E-state index contributed by atoms with van der Waals surface area (Å²) in [6.45, 7) is 0. The van der Waals surface area contributed by atoms with Crippen LogP contribution in [-0.2, 0) is 17.6 Å². The predicted octanol–water partition coefficient (Wildman–Crippen LogP) is 4.65. The molecule has 130 valence electrons. The Morgan fingerprint density at radius 3 is 2.85 bits per heavy atom. The largest absolute Gasteiger partial charge is 0.295 e. The third kappa shape index (κ3) is 2.50. The van der Waals surface area contributed by atoms with Gasteiger partial charge in [0, 0.05) is 9.90 Å². The van der Waals surface area contributed by atoms with Crippen molar-refractivity contribution in [1.29, 1.82) is 0 Å². The van der Waals surface area contributed by atoms with Crippen LogP contribution >= 0.6 is 22.9 Å². The zero-order valence-electron chi connectivity index (χ0n) is 13.7. The van der Waals surface area contributed by atoms with Crippen molar-refractivity contribution in [3.63, 3.8) is 0 Å². The molecule has 0 bridgehead atoms. The molecule has 1 unspecified atom stereocenters. The van der Waals surface area contributed by atoms with Crippen molar-refractivity contribution in [2.24, 2.45) is 20.2 Å². The lowest BCUT2D eigenvalue weighted by Crippen LogP contribution is -2.37. The van der Waals surface area contributed by atoms with E-state index in [0.29, 0.717) is 16.5 Å². The maximum Gasteiger partial charge on any atom is 0.295 e. The number of rotatable bonds is 2. The summed E-state index contributed by atoms with van der Waals surface area (Å²) < 4.78 is 0. The summed E-state index contributed by atoms with van der Waals surface area (Å²) in [6, 6.07) is 6.98. The first-order valence-corrected chi connectivity index (χ1v) is 9.66. The summed E-state index contributed by atoms with van der Waals surface area (Å²) in [6.07, 6.45) is 5.35. The molecule has 0 N–H and O–H groups in total. The first-order valence-electron chi connectivity index (χ1n) is 8.47. The van der Waals surface area contributed by atoms with Crippen molar-refractivity contribution in [3.05, 3.63) is 45.3 Å². The average Bonchev–Trinajstić information content (AvgIpc) is 3.18. The molecular weight excluding hydrogens is 370 g/mol. The van der Waals surface area contributed by atoms with E-state index in [0.717, 1.165) is 23.4 Å². The number of benzene rings is 1. The number of carbonyl (C=O) groups is 1. The zero-order chi connectivity index (χ0) is 17.7. The molecule has 0 spiro atoms. The highest BCUT2D eigenvalue weighted by Gasteiger charge is 2.40. The molecule has 0 fully saturated rings. The number of amidine groups is 1. The maximum absolute atomic E-state index is 12.5. The quantitative estimate of drug-likeness (QED) is 0.708. The molecule has 1 aromatic carbocycles. The topological polar surface area (TPSA) is 69.8 Å². The summed E-state index contributed by atoms with van der Waals surface area (Å²) in [5.41, 5.74) is 2.96. The van der Waals surface area contributed by atoms with Crippen LogP contribution in [0.3, 0.4) is 0 Å². The number of carbonyl (C=O) groups excluding carboxylic acids is 1. The number of hydrogen-bond donors (Lipinski definition) is 0. The number of aliphatic imine (C=N–C) groups is 2. The van der Waals surface area contributed by atoms with Gasteiger partial charge in [-0.25, -0.2) is 4.99 Å². The molecule has 0 saturated heterocycles. The molecule has 26 heavy (non-hydrogen) atoms. The second-order valence-corrected chi connectivity index (χ2v) is 7.90. The Morgan fingerprint density at radius 2 is 2.00 bits per heavy atom. The van der Waals surface area contributed by atoms with Gasteiger partial charge in [0.25, 0.3) is 5.91 Å². The number of hydrogen-bond acceptors (Lipinski definition) is 6. The lowest BCUT2D eigenvalue weighted by molar-refractivity contribution is -0.119. The minimum atomic E-state index is -0.795. The molecule has 0 saturated carbocycles. The van der Waals surface area contributed by atoms with Crippen molar-refractivity contribution >= 4 is 51.7 Å². The molecule has 0 radical (unpaired) electrons. The van der Waals surface area contributed by atoms with Crippen molar-refractivity contribution in [2.75, 3.05) is 0 Å². The van der Waals surface area contributed by atoms with Gasteiger partial charge in [-0.2, -0.15) is 15.2 Å². The van der Waals surface area contributed by atoms with E-state index in [2.05, 4.69) is 20.2 Å². The highest BCUT2D eigenvalue weighted by atomic mass is 35.5. The standard InChI is InChI=1S/C18H14ClN5OS/c19-10-5-7-11(8-6-10)22-23-16-17(25)21-15-14-12-3-1-2-4-13(12)26-18(14)20-9-24(15)16/h5-9,16H,1-4H2. The molecule has 3 aliphatic rings. The first kappa shape index (κ1) is 15.8. The van der Waals surface area contributed by atoms with Gasteiger partial charge in [0.2, 0.25) is 6.17 Å². The molecular formula is C18H14ClN5OS. The number of thiophene rings is 1. The highest BCUT2D eigenvalue weighted by Crippen LogP contribution is 2.43. The van der Waals surface area contributed by atoms with E-state index in [9.17, 15) is 4.79 Å². The molecule has 1 aromatic heterocycles. The Kier molecular flexibility index (Phi) is 3.72. The summed E-state index contributed by atoms with van der Waals surface area (Å²) in [7, 11) is 0. The van der Waals surface area contributed by atoms with Gasteiger partial charge in [0.15, 0.2) is 5.84 Å². The number of amides is 1. The van der Waals surface area contributed by atoms with Crippen molar-refractivity contribution in [3.8, 4) is 0 Å². The molecule has 6 nitrogen and oxygen atoms in total. The van der Waals surface area contributed by atoms with Crippen LogP contribution in [0.5, 0.6) is 0 Å². The Labute approximate surface area is 158 Å². The lowest BCUT2D eigenvalue weighted by Gasteiger charge is -2.22. The van der Waals surface area contributed by atoms with E-state index < -0.39 is 6.17 Å². The molecule has 1 amide bonds. The molecule has 1 aliphatic carbocycles. The Morgan fingerprint density at radius 1 is 1.19 bits per heavy atom. The van der Waals surface area contributed by atoms with Crippen LogP contribution in [0.2, 0.25) is 5.02 Å². The molecule has 5 rings (SSSR count). The fourth-order valence-corrected chi connectivity index (χ4v) is 4.83. The van der Waals surface area contributed by atoms with Crippen LogP contribution in [-0.4, -0.2) is 29.1 Å². The number of halogens is 1. The fourth-order valence-electron chi connectivity index (χ4n) is 3.48. The Hall–Kier alpha value is -2.38. The van der Waals surface area contributed by atoms with E-state index in [1.54, 1.807) is 46.8 Å². The average molecular weight is 384 g/mol. The summed E-state index contributed by atoms with van der Waals surface area (Å²) >= 11 is 7.60. The number of azo groups is 1. The number of aryl methyl sites for hydroxylation is 1. The minimum Gasteiger partial charge on any atom is -0.283 e. The van der Waals surface area contributed by atoms with E-state index in [1.807, 2.05) is 0 Å². The van der Waals surface area contributed by atoms with Gasteiger partial charge in [-0.3, -0.25) is 9.69 Å². The second kappa shape index (κ2) is 6.10. The predicted molar refractivity (Wildman–Crippen MR) is 102 cm³/mol. The van der Waals surface area contributed by atoms with Gasteiger partial charge in [-0.05, 0) is 55.5 Å².